The lowest BCUT2D eigenvalue weighted by molar-refractivity contribution is 1.55. The van der Waals surface area contributed by atoms with Gasteiger partial charge in [0.05, 0.1) is 6.21 Å². The smallest absolute Gasteiger partial charge is 0.0980 e. The van der Waals surface area contributed by atoms with Crippen LogP contribution in [0.1, 0.15) is 0 Å². The quantitative estimate of drug-likeness (QED) is 0.401. The van der Waals surface area contributed by atoms with Gasteiger partial charge in [0.1, 0.15) is 0 Å². The van der Waals surface area contributed by atoms with E-state index in [4.69, 9.17) is 10.8 Å². The summed E-state index contributed by atoms with van der Waals surface area (Å²) in [6, 6.07) is 0. The molecule has 21 valence electrons. The number of hydrogen-bond acceptors (Lipinski definition) is 2. The summed E-state index contributed by atoms with van der Waals surface area (Å²) >= 11 is 0. The van der Waals surface area contributed by atoms with Crippen LogP contribution in [0, 0.1) is 10.8 Å². The van der Waals surface area contributed by atoms with Crippen molar-refractivity contribution in [3.05, 3.63) is 0 Å². The molecule has 4 heavy (non-hydrogen) atoms. The van der Waals surface area contributed by atoms with Crippen LogP contribution in [0.5, 0.6) is 0 Å². The summed E-state index contributed by atoms with van der Waals surface area (Å²) in [5, 5.41) is 12.0. The molecule has 0 bridgehead atoms. The number of nitrogens with one attached hydrogen (secondary N) is 2. The summed E-state index contributed by atoms with van der Waals surface area (Å²) in [6.45, 7) is 0. The van der Waals surface area contributed by atoms with Crippen LogP contribution in [0.25, 0.3) is 0 Å². The predicted octanol–water partition coefficient (Wildman–Crippen LogP) is 0.163. The SMILES string of the molecule is N=[C]C=N. The fourth-order valence-corrected chi connectivity index (χ4v) is 0. The molecule has 0 aromatic carbocycles. The molecule has 0 unspecified atom stereocenters. The lowest BCUT2D eigenvalue weighted by Gasteiger charge is -1.39. The van der Waals surface area contributed by atoms with E-state index in [9.17, 15) is 0 Å². The van der Waals surface area contributed by atoms with Crippen LogP contribution in [0.4, 0.5) is 0 Å². The summed E-state index contributed by atoms with van der Waals surface area (Å²) in [5.41, 5.74) is 0. The first kappa shape index (κ1) is 3.34. The molecule has 0 heterocycles. The number of hydrogen-bond donors (Lipinski definition) is 2. The fourth-order valence-electron chi connectivity index (χ4n) is 0. The van der Waals surface area contributed by atoms with Gasteiger partial charge in [-0.1, -0.05) is 0 Å². The van der Waals surface area contributed by atoms with E-state index < -0.39 is 0 Å². The molecule has 0 aliphatic heterocycles. The molecular weight excluding hydrogens is 52.0 g/mol. The van der Waals surface area contributed by atoms with Crippen molar-refractivity contribution < 1.29 is 0 Å². The Labute approximate surface area is 24.5 Å². The third-order valence-corrected chi connectivity index (χ3v) is 0.0722. The lowest BCUT2D eigenvalue weighted by atomic mass is 10.9. The molecule has 2 nitrogen and oxygen atoms in total. The molecule has 0 atom stereocenters. The highest BCUT2D eigenvalue weighted by atomic mass is 14.4. The van der Waals surface area contributed by atoms with Gasteiger partial charge in [-0.3, -0.25) is 5.41 Å². The zero-order valence-electron chi connectivity index (χ0n) is 2.08. The maximum absolute atomic E-state index is 6.03. The van der Waals surface area contributed by atoms with E-state index in [1.54, 1.807) is 6.21 Å². The van der Waals surface area contributed by atoms with Crippen LogP contribution in [0.3, 0.4) is 0 Å². The second-order valence-corrected chi connectivity index (χ2v) is 0.289. The Kier molecular flexibility index (Phi) is 1.95. The third kappa shape index (κ3) is 1.34. The minimum absolute atomic E-state index is 0.792. The molecule has 0 aliphatic rings. The maximum Gasteiger partial charge on any atom is 0.0980 e. The molecule has 0 aromatic rings. The predicted molar refractivity (Wildman–Crippen MR) is 16.5 cm³/mol. The molecule has 0 fully saturated rings. The normalized spacial score (nSPS) is 5.00. The van der Waals surface area contributed by atoms with E-state index in [2.05, 4.69) is 0 Å². The Morgan fingerprint density at radius 1 is 1.75 bits per heavy atom. The van der Waals surface area contributed by atoms with Crippen molar-refractivity contribution in [2.45, 2.75) is 0 Å². The van der Waals surface area contributed by atoms with Crippen molar-refractivity contribution in [3.8, 4) is 0 Å². The Morgan fingerprint density at radius 3 is 2.00 bits per heavy atom. The van der Waals surface area contributed by atoms with Crippen molar-refractivity contribution in [2.75, 3.05) is 0 Å². The summed E-state index contributed by atoms with van der Waals surface area (Å²) in [4.78, 5) is 0. The van der Waals surface area contributed by atoms with Crippen LogP contribution in [0.2, 0.25) is 0 Å². The zero-order valence-corrected chi connectivity index (χ0v) is 2.08. The van der Waals surface area contributed by atoms with Crippen molar-refractivity contribution in [3.63, 3.8) is 0 Å². The van der Waals surface area contributed by atoms with Crippen LogP contribution in [-0.2, 0) is 0 Å². The van der Waals surface area contributed by atoms with E-state index >= 15 is 0 Å². The van der Waals surface area contributed by atoms with Gasteiger partial charge in [0.15, 0.2) is 0 Å². The molecule has 2 N–H and O–H groups in total. The van der Waals surface area contributed by atoms with Crippen LogP contribution in [0.15, 0.2) is 0 Å². The first-order chi connectivity index (χ1) is 1.91. The van der Waals surface area contributed by atoms with Gasteiger partial charge in [-0.25, -0.2) is 0 Å². The molecule has 0 rings (SSSR count). The van der Waals surface area contributed by atoms with E-state index in [1.165, 1.54) is 0 Å². The van der Waals surface area contributed by atoms with Gasteiger partial charge in [-0.05, 0) is 0 Å². The molecule has 1 radical (unpaired) electrons. The summed E-state index contributed by atoms with van der Waals surface area (Å²) in [6.07, 6.45) is 2.51. The van der Waals surface area contributed by atoms with Gasteiger partial charge in [-0.2, -0.15) is 0 Å². The Hall–Kier alpha value is -0.660. The fraction of sp³-hybridized carbons (Fsp3) is 0. The van der Waals surface area contributed by atoms with Gasteiger partial charge < -0.3 is 5.41 Å². The third-order valence-electron chi connectivity index (χ3n) is 0.0722. The molecule has 0 saturated heterocycles. The maximum atomic E-state index is 6.03. The van der Waals surface area contributed by atoms with Gasteiger partial charge >= 0.3 is 0 Å². The molecule has 0 aliphatic carbocycles. The molecule has 0 aromatic heterocycles. The molecule has 2 heteroatoms. The van der Waals surface area contributed by atoms with Gasteiger partial charge in [0.2, 0.25) is 0 Å². The zero-order chi connectivity index (χ0) is 3.41. The van der Waals surface area contributed by atoms with Crippen molar-refractivity contribution >= 4 is 12.4 Å². The topological polar surface area (TPSA) is 47.7 Å². The van der Waals surface area contributed by atoms with Crippen molar-refractivity contribution in [2.24, 2.45) is 0 Å². The molecular formula is C2H3N2. The number of rotatable bonds is 1. The van der Waals surface area contributed by atoms with Gasteiger partial charge in [-0.15, -0.1) is 0 Å². The minimum Gasteiger partial charge on any atom is -0.306 e. The van der Waals surface area contributed by atoms with E-state index in [0.29, 0.717) is 0 Å². The summed E-state index contributed by atoms with van der Waals surface area (Å²) in [5.74, 6) is 0. The van der Waals surface area contributed by atoms with Crippen LogP contribution < -0.4 is 0 Å². The average molecular weight is 55.1 g/mol. The first-order valence-corrected chi connectivity index (χ1v) is 0.827. The molecule has 0 saturated carbocycles. The molecule has 0 amide bonds. The second kappa shape index (κ2) is 2.34. The first-order valence-electron chi connectivity index (χ1n) is 0.827. The van der Waals surface area contributed by atoms with Crippen LogP contribution in [-0.4, -0.2) is 12.4 Å². The molecule has 0 spiro atoms. The van der Waals surface area contributed by atoms with Crippen molar-refractivity contribution in [1.29, 1.82) is 10.8 Å². The Balaban J connectivity index is 2.73. The van der Waals surface area contributed by atoms with E-state index in [1.807, 2.05) is 0 Å². The average Bonchev–Trinajstić information content (AvgIpc) is 1.37. The summed E-state index contributed by atoms with van der Waals surface area (Å²) in [7, 11) is 0. The van der Waals surface area contributed by atoms with Crippen molar-refractivity contribution in [1.82, 2.24) is 0 Å². The second-order valence-electron chi connectivity index (χ2n) is 0.289. The Bertz CT molecular complexity index is 25.0. The van der Waals surface area contributed by atoms with E-state index in [0.717, 1.165) is 6.21 Å². The van der Waals surface area contributed by atoms with E-state index in [-0.39, 0.29) is 0 Å². The highest BCUT2D eigenvalue weighted by Gasteiger charge is 1.37. The largest absolute Gasteiger partial charge is 0.306 e. The van der Waals surface area contributed by atoms with Gasteiger partial charge in [0.25, 0.3) is 0 Å². The summed E-state index contributed by atoms with van der Waals surface area (Å²) < 4.78 is 0. The Morgan fingerprint density at radius 2 is 2.00 bits per heavy atom. The van der Waals surface area contributed by atoms with Crippen LogP contribution >= 0.6 is 0 Å². The van der Waals surface area contributed by atoms with Gasteiger partial charge in [0, 0.05) is 6.21 Å². The highest BCUT2D eigenvalue weighted by molar-refractivity contribution is 6.12. The lowest BCUT2D eigenvalue weighted by Crippen LogP contribution is -1.58. The monoisotopic (exact) mass is 55.0 g/mol. The standard InChI is InChI=1S/C2H3N2/c3-1-2-4/h1,3-4H. The highest BCUT2D eigenvalue weighted by Crippen LogP contribution is 1.18. The minimum atomic E-state index is 0.792.